The molecule has 14 heavy (non-hydrogen) atoms. The maximum atomic E-state index is 11.0. The topological polar surface area (TPSA) is 32.7 Å². The predicted octanol–water partition coefficient (Wildman–Crippen LogP) is 1.35. The monoisotopic (exact) mass is 210 g/mol. The molecule has 0 aromatic carbocycles. The highest BCUT2D eigenvalue weighted by atomic mass is 32.2. The minimum Gasteiger partial charge on any atom is -0.351 e. The molecule has 1 saturated heterocycles. The van der Waals surface area contributed by atoms with Crippen LogP contribution in [-0.4, -0.2) is 34.8 Å². The zero-order valence-electron chi connectivity index (χ0n) is 8.11. The van der Waals surface area contributed by atoms with Crippen LogP contribution in [0.2, 0.25) is 0 Å². The molecule has 0 radical (unpaired) electrons. The second-order valence-corrected chi connectivity index (χ2v) is 5.35. The summed E-state index contributed by atoms with van der Waals surface area (Å²) in [4.78, 5) is 17.4. The number of likely N-dealkylation sites (tertiary alicyclic amines) is 1. The van der Waals surface area contributed by atoms with Crippen LogP contribution in [0.3, 0.4) is 0 Å². The van der Waals surface area contributed by atoms with E-state index in [1.807, 2.05) is 0 Å². The highest BCUT2D eigenvalue weighted by Crippen LogP contribution is 2.41. The first-order chi connectivity index (χ1) is 6.83. The molecule has 0 aromatic rings. The number of hydrogen-bond donors (Lipinski definition) is 0. The quantitative estimate of drug-likeness (QED) is 0.655. The lowest BCUT2D eigenvalue weighted by molar-refractivity contribution is -0.115. The molecule has 2 fully saturated rings. The van der Waals surface area contributed by atoms with Crippen LogP contribution in [0, 0.1) is 11.8 Å². The Hall–Kier alpha value is -0.510. The Labute approximate surface area is 87.9 Å². The van der Waals surface area contributed by atoms with Crippen molar-refractivity contribution in [2.45, 2.75) is 19.3 Å². The van der Waals surface area contributed by atoms with Gasteiger partial charge in [0, 0.05) is 13.1 Å². The Balaban J connectivity index is 1.64. The van der Waals surface area contributed by atoms with Crippen molar-refractivity contribution in [1.82, 2.24) is 4.90 Å². The predicted molar refractivity (Wildman–Crippen MR) is 57.3 cm³/mol. The van der Waals surface area contributed by atoms with Crippen molar-refractivity contribution in [2.75, 3.05) is 18.8 Å². The molecule has 1 saturated carbocycles. The third kappa shape index (κ3) is 1.56. The molecule has 1 amide bonds. The van der Waals surface area contributed by atoms with E-state index in [0.29, 0.717) is 5.75 Å². The van der Waals surface area contributed by atoms with E-state index < -0.39 is 0 Å². The summed E-state index contributed by atoms with van der Waals surface area (Å²) in [6, 6.07) is 0. The minimum absolute atomic E-state index is 0.0415. The van der Waals surface area contributed by atoms with Crippen LogP contribution < -0.4 is 0 Å². The first-order valence-corrected chi connectivity index (χ1v) is 6.31. The van der Waals surface area contributed by atoms with Crippen molar-refractivity contribution >= 4 is 22.8 Å². The number of thioether (sulfide) groups is 1. The Morgan fingerprint density at radius 3 is 2.79 bits per heavy atom. The van der Waals surface area contributed by atoms with Crippen molar-refractivity contribution in [3.63, 3.8) is 0 Å². The van der Waals surface area contributed by atoms with Crippen LogP contribution in [-0.2, 0) is 4.79 Å². The molecule has 4 heteroatoms. The van der Waals surface area contributed by atoms with Crippen molar-refractivity contribution < 1.29 is 4.79 Å². The number of carbonyl (C=O) groups excluding carboxylic acids is 1. The third-order valence-electron chi connectivity index (χ3n) is 3.33. The van der Waals surface area contributed by atoms with Gasteiger partial charge < -0.3 is 4.90 Å². The van der Waals surface area contributed by atoms with Crippen LogP contribution in [0.4, 0.5) is 0 Å². The lowest BCUT2D eigenvalue weighted by Gasteiger charge is -2.16. The molecule has 1 aliphatic carbocycles. The molecule has 2 heterocycles. The zero-order valence-corrected chi connectivity index (χ0v) is 8.92. The lowest BCUT2D eigenvalue weighted by Crippen LogP contribution is -2.25. The molecule has 0 N–H and O–H groups in total. The molecule has 3 nitrogen and oxygen atoms in total. The fourth-order valence-electron chi connectivity index (χ4n) is 2.37. The van der Waals surface area contributed by atoms with E-state index in [1.165, 1.54) is 19.3 Å². The van der Waals surface area contributed by atoms with Gasteiger partial charge in [0.15, 0.2) is 5.17 Å². The van der Waals surface area contributed by atoms with Gasteiger partial charge in [-0.1, -0.05) is 11.8 Å². The number of amidine groups is 1. The molecule has 0 aromatic heterocycles. The molecule has 3 aliphatic rings. The van der Waals surface area contributed by atoms with E-state index >= 15 is 0 Å². The molecular formula is C10H14N2OS. The summed E-state index contributed by atoms with van der Waals surface area (Å²) >= 11 is 1.61. The average Bonchev–Trinajstić information content (AvgIpc) is 2.76. The van der Waals surface area contributed by atoms with E-state index in [1.54, 1.807) is 11.8 Å². The normalized spacial score (nSPS) is 32.6. The highest BCUT2D eigenvalue weighted by Gasteiger charge is 2.37. The molecular weight excluding hydrogens is 196 g/mol. The van der Waals surface area contributed by atoms with Gasteiger partial charge in [0.1, 0.15) is 0 Å². The number of rotatable bonds is 1. The Bertz CT molecular complexity index is 298. The smallest absolute Gasteiger partial charge is 0.258 e. The van der Waals surface area contributed by atoms with Gasteiger partial charge in [-0.2, -0.15) is 4.99 Å². The van der Waals surface area contributed by atoms with Gasteiger partial charge in [-0.3, -0.25) is 4.79 Å². The standard InChI is InChI=1S/C10H14N2OS/c13-9-6-14-10(11-9)12-4-3-8(5-12)7-1-2-7/h7-8H,1-6H2. The summed E-state index contributed by atoms with van der Waals surface area (Å²) in [5.74, 6) is 2.47. The maximum Gasteiger partial charge on any atom is 0.258 e. The molecule has 0 spiro atoms. The van der Waals surface area contributed by atoms with Crippen molar-refractivity contribution in [1.29, 1.82) is 0 Å². The first kappa shape index (κ1) is 8.77. The van der Waals surface area contributed by atoms with E-state index in [2.05, 4.69) is 9.89 Å². The van der Waals surface area contributed by atoms with Crippen LogP contribution in [0.5, 0.6) is 0 Å². The van der Waals surface area contributed by atoms with Crippen molar-refractivity contribution in [2.24, 2.45) is 16.8 Å². The van der Waals surface area contributed by atoms with Gasteiger partial charge >= 0.3 is 0 Å². The van der Waals surface area contributed by atoms with E-state index in [4.69, 9.17) is 0 Å². The second-order valence-electron chi connectivity index (χ2n) is 4.41. The summed E-state index contributed by atoms with van der Waals surface area (Å²) in [6.45, 7) is 2.25. The Kier molecular flexibility index (Phi) is 2.04. The Morgan fingerprint density at radius 1 is 1.29 bits per heavy atom. The summed E-state index contributed by atoms with van der Waals surface area (Å²) in [5.41, 5.74) is 0. The average molecular weight is 210 g/mol. The molecule has 2 aliphatic heterocycles. The third-order valence-corrected chi connectivity index (χ3v) is 4.33. The van der Waals surface area contributed by atoms with Gasteiger partial charge in [0.25, 0.3) is 5.91 Å². The maximum absolute atomic E-state index is 11.0. The highest BCUT2D eigenvalue weighted by molar-refractivity contribution is 8.14. The van der Waals surface area contributed by atoms with Crippen LogP contribution >= 0.6 is 11.8 Å². The van der Waals surface area contributed by atoms with Gasteiger partial charge in [0.2, 0.25) is 0 Å². The molecule has 0 bridgehead atoms. The van der Waals surface area contributed by atoms with Gasteiger partial charge in [-0.15, -0.1) is 0 Å². The minimum atomic E-state index is 0.0415. The Morgan fingerprint density at radius 2 is 2.14 bits per heavy atom. The number of carbonyl (C=O) groups is 1. The van der Waals surface area contributed by atoms with Gasteiger partial charge in [-0.25, -0.2) is 0 Å². The molecule has 3 rings (SSSR count). The molecule has 1 unspecified atom stereocenters. The fraction of sp³-hybridized carbons (Fsp3) is 0.800. The fourth-order valence-corrected chi connectivity index (χ4v) is 3.20. The lowest BCUT2D eigenvalue weighted by atomic mass is 10.0. The first-order valence-electron chi connectivity index (χ1n) is 5.32. The molecule has 1 atom stereocenters. The van der Waals surface area contributed by atoms with Crippen LogP contribution in [0.1, 0.15) is 19.3 Å². The number of amides is 1. The largest absolute Gasteiger partial charge is 0.351 e. The van der Waals surface area contributed by atoms with E-state index in [0.717, 1.165) is 30.1 Å². The summed E-state index contributed by atoms with van der Waals surface area (Å²) < 4.78 is 0. The number of nitrogens with zero attached hydrogens (tertiary/aromatic N) is 2. The van der Waals surface area contributed by atoms with Gasteiger partial charge in [0.05, 0.1) is 5.75 Å². The SMILES string of the molecule is O=C1CSC(N2CCC(C3CC3)C2)=N1. The summed E-state index contributed by atoms with van der Waals surface area (Å²) in [6.07, 6.45) is 4.16. The van der Waals surface area contributed by atoms with Crippen LogP contribution in [0.25, 0.3) is 0 Å². The van der Waals surface area contributed by atoms with Crippen molar-refractivity contribution in [3.05, 3.63) is 0 Å². The van der Waals surface area contributed by atoms with E-state index in [-0.39, 0.29) is 5.91 Å². The molecule has 76 valence electrons. The van der Waals surface area contributed by atoms with Gasteiger partial charge in [-0.05, 0) is 31.1 Å². The second kappa shape index (κ2) is 3.26. The number of aliphatic imine (C=N–C) groups is 1. The van der Waals surface area contributed by atoms with E-state index in [9.17, 15) is 4.79 Å². The summed E-state index contributed by atoms with van der Waals surface area (Å²) in [7, 11) is 0. The zero-order chi connectivity index (χ0) is 9.54. The van der Waals surface area contributed by atoms with Crippen molar-refractivity contribution in [3.8, 4) is 0 Å². The van der Waals surface area contributed by atoms with Crippen LogP contribution in [0.15, 0.2) is 4.99 Å². The number of hydrogen-bond acceptors (Lipinski definition) is 3. The summed E-state index contributed by atoms with van der Waals surface area (Å²) in [5, 5.41) is 0.984.